The van der Waals surface area contributed by atoms with Crippen molar-refractivity contribution >= 4 is 5.69 Å². The maximum absolute atomic E-state index is 5.81. The van der Waals surface area contributed by atoms with Crippen LogP contribution in [-0.2, 0) is 0 Å². The van der Waals surface area contributed by atoms with Crippen LogP contribution in [0.1, 0.15) is 5.56 Å². The second-order valence-electron chi connectivity index (χ2n) is 3.12. The van der Waals surface area contributed by atoms with Gasteiger partial charge in [0.1, 0.15) is 0 Å². The zero-order valence-corrected chi connectivity index (χ0v) is 7.54. The maximum atomic E-state index is 5.81. The van der Waals surface area contributed by atoms with E-state index in [2.05, 4.69) is 24.0 Å². The third-order valence-corrected chi connectivity index (χ3v) is 2.19. The van der Waals surface area contributed by atoms with Crippen molar-refractivity contribution in [3.63, 3.8) is 0 Å². The lowest BCUT2D eigenvalue weighted by molar-refractivity contribution is 1.37. The Balaban J connectivity index is 2.59. The van der Waals surface area contributed by atoms with Crippen molar-refractivity contribution in [3.05, 3.63) is 42.1 Å². The highest BCUT2D eigenvalue weighted by Crippen LogP contribution is 2.26. The SMILES string of the molecule is Cc1ccccc1-c1[nH]ccc1N. The average Bonchev–Trinajstić information content (AvgIpc) is 2.52. The molecule has 0 unspecified atom stereocenters. The smallest absolute Gasteiger partial charge is 0.0690 e. The van der Waals surface area contributed by atoms with E-state index in [1.807, 2.05) is 24.4 Å². The van der Waals surface area contributed by atoms with Crippen LogP contribution < -0.4 is 5.73 Å². The van der Waals surface area contributed by atoms with Crippen LogP contribution in [0.3, 0.4) is 0 Å². The van der Waals surface area contributed by atoms with Crippen molar-refractivity contribution < 1.29 is 0 Å². The van der Waals surface area contributed by atoms with Crippen LogP contribution in [0.25, 0.3) is 11.3 Å². The Kier molecular flexibility index (Phi) is 1.81. The molecule has 2 aromatic rings. The van der Waals surface area contributed by atoms with E-state index in [1.54, 1.807) is 0 Å². The zero-order chi connectivity index (χ0) is 9.26. The largest absolute Gasteiger partial charge is 0.397 e. The van der Waals surface area contributed by atoms with Gasteiger partial charge in [0.15, 0.2) is 0 Å². The second kappa shape index (κ2) is 2.98. The first-order valence-corrected chi connectivity index (χ1v) is 4.28. The highest BCUT2D eigenvalue weighted by Gasteiger charge is 2.04. The van der Waals surface area contributed by atoms with Gasteiger partial charge in [-0.3, -0.25) is 0 Å². The molecule has 1 heterocycles. The molecule has 0 amide bonds. The summed E-state index contributed by atoms with van der Waals surface area (Å²) in [6.07, 6.45) is 1.86. The summed E-state index contributed by atoms with van der Waals surface area (Å²) in [4.78, 5) is 3.14. The normalized spacial score (nSPS) is 10.2. The second-order valence-corrected chi connectivity index (χ2v) is 3.12. The molecule has 0 fully saturated rings. The summed E-state index contributed by atoms with van der Waals surface area (Å²) in [7, 11) is 0. The van der Waals surface area contributed by atoms with Crippen LogP contribution in [0.2, 0.25) is 0 Å². The van der Waals surface area contributed by atoms with Gasteiger partial charge in [0.25, 0.3) is 0 Å². The van der Waals surface area contributed by atoms with Crippen LogP contribution in [0.5, 0.6) is 0 Å². The van der Waals surface area contributed by atoms with Crippen molar-refractivity contribution in [3.8, 4) is 11.3 Å². The number of aryl methyl sites for hydroxylation is 1. The van der Waals surface area contributed by atoms with Crippen molar-refractivity contribution in [1.29, 1.82) is 0 Å². The Labute approximate surface area is 77.4 Å². The van der Waals surface area contributed by atoms with E-state index in [4.69, 9.17) is 5.73 Å². The number of nitrogens with two attached hydrogens (primary N) is 1. The Morgan fingerprint density at radius 2 is 1.92 bits per heavy atom. The number of hydrogen-bond donors (Lipinski definition) is 2. The molecule has 0 aliphatic carbocycles. The zero-order valence-electron chi connectivity index (χ0n) is 7.54. The fourth-order valence-electron chi connectivity index (χ4n) is 1.47. The lowest BCUT2D eigenvalue weighted by Crippen LogP contribution is -1.88. The van der Waals surface area contributed by atoms with Gasteiger partial charge in [-0.2, -0.15) is 0 Å². The molecule has 2 nitrogen and oxygen atoms in total. The van der Waals surface area contributed by atoms with Crippen molar-refractivity contribution in [2.45, 2.75) is 6.92 Å². The minimum absolute atomic E-state index is 0.800. The van der Waals surface area contributed by atoms with Gasteiger partial charge in [-0.25, -0.2) is 0 Å². The monoisotopic (exact) mass is 172 g/mol. The molecule has 0 aliphatic rings. The number of aromatic amines is 1. The fraction of sp³-hybridized carbons (Fsp3) is 0.0909. The average molecular weight is 172 g/mol. The molecule has 0 atom stereocenters. The van der Waals surface area contributed by atoms with Crippen LogP contribution in [0.4, 0.5) is 5.69 Å². The molecule has 13 heavy (non-hydrogen) atoms. The fourth-order valence-corrected chi connectivity index (χ4v) is 1.47. The summed E-state index contributed by atoms with van der Waals surface area (Å²) in [5.41, 5.74) is 10.0. The van der Waals surface area contributed by atoms with Gasteiger partial charge in [-0.15, -0.1) is 0 Å². The van der Waals surface area contributed by atoms with E-state index in [0.29, 0.717) is 0 Å². The lowest BCUT2D eigenvalue weighted by Gasteiger charge is -2.03. The van der Waals surface area contributed by atoms with Crippen LogP contribution in [-0.4, -0.2) is 4.98 Å². The van der Waals surface area contributed by atoms with Crippen molar-refractivity contribution in [2.24, 2.45) is 0 Å². The molecule has 0 radical (unpaired) electrons. The quantitative estimate of drug-likeness (QED) is 0.682. The first-order chi connectivity index (χ1) is 6.29. The van der Waals surface area contributed by atoms with E-state index in [-0.39, 0.29) is 0 Å². The molecule has 0 aliphatic heterocycles. The van der Waals surface area contributed by atoms with Gasteiger partial charge in [0.05, 0.1) is 11.4 Å². The molecule has 2 heteroatoms. The maximum Gasteiger partial charge on any atom is 0.0690 e. The molecule has 1 aromatic heterocycles. The molecule has 2 rings (SSSR count). The molecule has 66 valence electrons. The van der Waals surface area contributed by atoms with E-state index in [9.17, 15) is 0 Å². The predicted octanol–water partition coefficient (Wildman–Crippen LogP) is 2.57. The molecule has 0 spiro atoms. The van der Waals surface area contributed by atoms with E-state index >= 15 is 0 Å². The van der Waals surface area contributed by atoms with Crippen LogP contribution in [0, 0.1) is 6.92 Å². The van der Waals surface area contributed by atoms with Gasteiger partial charge >= 0.3 is 0 Å². The third-order valence-electron chi connectivity index (χ3n) is 2.19. The summed E-state index contributed by atoms with van der Waals surface area (Å²) < 4.78 is 0. The van der Waals surface area contributed by atoms with E-state index in [1.165, 1.54) is 11.1 Å². The number of benzene rings is 1. The van der Waals surface area contributed by atoms with Crippen LogP contribution >= 0.6 is 0 Å². The minimum atomic E-state index is 0.800. The van der Waals surface area contributed by atoms with Gasteiger partial charge in [-0.1, -0.05) is 24.3 Å². The molecule has 0 saturated heterocycles. The number of nitrogen functional groups attached to an aromatic ring is 1. The minimum Gasteiger partial charge on any atom is -0.397 e. The molecular weight excluding hydrogens is 160 g/mol. The van der Waals surface area contributed by atoms with Gasteiger partial charge in [-0.05, 0) is 18.6 Å². The standard InChI is InChI=1S/C11H12N2/c1-8-4-2-3-5-9(8)11-10(12)6-7-13-11/h2-7,13H,12H2,1H3. The molecule has 3 N–H and O–H groups in total. The lowest BCUT2D eigenvalue weighted by atomic mass is 10.1. The van der Waals surface area contributed by atoms with Crippen molar-refractivity contribution in [1.82, 2.24) is 4.98 Å². The summed E-state index contributed by atoms with van der Waals surface area (Å²) in [5.74, 6) is 0. The molecule has 1 aromatic carbocycles. The molecule has 0 saturated carbocycles. The number of aromatic nitrogens is 1. The number of nitrogens with one attached hydrogen (secondary N) is 1. The number of rotatable bonds is 1. The van der Waals surface area contributed by atoms with Crippen LogP contribution in [0.15, 0.2) is 36.5 Å². The highest BCUT2D eigenvalue weighted by atomic mass is 14.7. The van der Waals surface area contributed by atoms with Gasteiger partial charge < -0.3 is 10.7 Å². The Hall–Kier alpha value is -1.70. The number of hydrogen-bond acceptors (Lipinski definition) is 1. The topological polar surface area (TPSA) is 41.8 Å². The van der Waals surface area contributed by atoms with E-state index in [0.717, 1.165) is 11.4 Å². The Morgan fingerprint density at radius 1 is 1.15 bits per heavy atom. The predicted molar refractivity (Wildman–Crippen MR) is 55.4 cm³/mol. The Bertz CT molecular complexity index is 416. The van der Waals surface area contributed by atoms with Crippen molar-refractivity contribution in [2.75, 3.05) is 5.73 Å². The first-order valence-electron chi connectivity index (χ1n) is 4.28. The Morgan fingerprint density at radius 3 is 2.54 bits per heavy atom. The summed E-state index contributed by atoms with van der Waals surface area (Å²) in [5, 5.41) is 0. The third kappa shape index (κ3) is 1.31. The van der Waals surface area contributed by atoms with Gasteiger partial charge in [0, 0.05) is 11.8 Å². The van der Waals surface area contributed by atoms with Gasteiger partial charge in [0.2, 0.25) is 0 Å². The summed E-state index contributed by atoms with van der Waals surface area (Å²) >= 11 is 0. The molecular formula is C11H12N2. The molecule has 0 bridgehead atoms. The highest BCUT2D eigenvalue weighted by molar-refractivity contribution is 5.75. The van der Waals surface area contributed by atoms with E-state index < -0.39 is 0 Å². The number of H-pyrrole nitrogens is 1. The summed E-state index contributed by atoms with van der Waals surface area (Å²) in [6, 6.07) is 10.1. The first kappa shape index (κ1) is 7.92. The summed E-state index contributed by atoms with van der Waals surface area (Å²) in [6.45, 7) is 2.08. The number of anilines is 1.